The van der Waals surface area contributed by atoms with E-state index in [4.69, 9.17) is 10.5 Å². The molecule has 0 spiro atoms. The quantitative estimate of drug-likeness (QED) is 0.676. The standard InChI is InChI=1S/C8H11NO.C2H6O/c1-6-3-4-7(9)8(5-6)10-2;1-3-2/h3-5H,9H2,1-2H3;1-2H3. The molecule has 3 nitrogen and oxygen atoms in total. The molecule has 0 heterocycles. The molecule has 1 aromatic rings. The van der Waals surface area contributed by atoms with Crippen molar-refractivity contribution in [1.29, 1.82) is 0 Å². The van der Waals surface area contributed by atoms with Crippen molar-refractivity contribution in [3.63, 3.8) is 0 Å². The van der Waals surface area contributed by atoms with Crippen LogP contribution in [-0.2, 0) is 4.74 Å². The molecule has 0 radical (unpaired) electrons. The first-order chi connectivity index (χ1) is 6.15. The number of hydrogen-bond acceptors (Lipinski definition) is 3. The monoisotopic (exact) mass is 183 g/mol. The lowest BCUT2D eigenvalue weighted by atomic mass is 10.2. The lowest BCUT2D eigenvalue weighted by Crippen LogP contribution is -1.91. The van der Waals surface area contributed by atoms with Crippen LogP contribution in [0.5, 0.6) is 5.75 Å². The van der Waals surface area contributed by atoms with Crippen LogP contribution < -0.4 is 10.5 Å². The molecule has 2 N–H and O–H groups in total. The number of nitrogens with two attached hydrogens (primary N) is 1. The molecule has 13 heavy (non-hydrogen) atoms. The predicted molar refractivity (Wildman–Crippen MR) is 55.1 cm³/mol. The molecule has 3 heteroatoms. The fraction of sp³-hybridized carbons (Fsp3) is 0.400. The lowest BCUT2D eigenvalue weighted by molar-refractivity contribution is 0.277. The van der Waals surface area contributed by atoms with E-state index >= 15 is 0 Å². The highest BCUT2D eigenvalue weighted by atomic mass is 16.5. The van der Waals surface area contributed by atoms with E-state index < -0.39 is 0 Å². The molecule has 1 rings (SSSR count). The highest BCUT2D eigenvalue weighted by Crippen LogP contribution is 2.21. The average Bonchev–Trinajstić information content (AvgIpc) is 2.10. The molecule has 0 fully saturated rings. The zero-order chi connectivity index (χ0) is 10.3. The molecule has 0 saturated heterocycles. The Bertz CT molecular complexity index is 249. The van der Waals surface area contributed by atoms with Gasteiger partial charge in [-0.15, -0.1) is 0 Å². The van der Waals surface area contributed by atoms with Gasteiger partial charge in [-0.05, 0) is 24.6 Å². The number of anilines is 1. The van der Waals surface area contributed by atoms with Crippen LogP contribution in [0, 0.1) is 6.92 Å². The smallest absolute Gasteiger partial charge is 0.142 e. The van der Waals surface area contributed by atoms with Crippen molar-refractivity contribution in [2.75, 3.05) is 27.1 Å². The topological polar surface area (TPSA) is 44.5 Å². The Morgan fingerprint density at radius 1 is 1.15 bits per heavy atom. The Labute approximate surface area is 79.5 Å². The summed E-state index contributed by atoms with van der Waals surface area (Å²) in [6.07, 6.45) is 0. The van der Waals surface area contributed by atoms with Gasteiger partial charge in [-0.3, -0.25) is 0 Å². The van der Waals surface area contributed by atoms with Crippen molar-refractivity contribution < 1.29 is 9.47 Å². The molecule has 0 bridgehead atoms. The normalized spacial score (nSPS) is 8.62. The predicted octanol–water partition coefficient (Wildman–Crippen LogP) is 1.85. The summed E-state index contributed by atoms with van der Waals surface area (Å²) in [6, 6.07) is 5.71. The van der Waals surface area contributed by atoms with Gasteiger partial charge in [-0.2, -0.15) is 0 Å². The van der Waals surface area contributed by atoms with Gasteiger partial charge in [0, 0.05) is 14.2 Å². The van der Waals surface area contributed by atoms with Gasteiger partial charge in [0.25, 0.3) is 0 Å². The van der Waals surface area contributed by atoms with E-state index in [2.05, 4.69) is 4.74 Å². The number of ether oxygens (including phenoxy) is 2. The first-order valence-electron chi connectivity index (χ1n) is 3.96. The fourth-order valence-electron chi connectivity index (χ4n) is 0.818. The van der Waals surface area contributed by atoms with Crippen LogP contribution in [0.25, 0.3) is 0 Å². The zero-order valence-corrected chi connectivity index (χ0v) is 8.63. The molecular formula is C10H17NO2. The Morgan fingerprint density at radius 2 is 1.69 bits per heavy atom. The minimum atomic E-state index is 0.688. The van der Waals surface area contributed by atoms with Gasteiger partial charge in [0.15, 0.2) is 0 Å². The van der Waals surface area contributed by atoms with Gasteiger partial charge in [0.05, 0.1) is 12.8 Å². The van der Waals surface area contributed by atoms with Crippen molar-refractivity contribution in [2.24, 2.45) is 0 Å². The molecular weight excluding hydrogens is 166 g/mol. The number of hydrogen-bond donors (Lipinski definition) is 1. The Morgan fingerprint density at radius 3 is 2.08 bits per heavy atom. The van der Waals surface area contributed by atoms with Crippen molar-refractivity contribution in [3.8, 4) is 5.75 Å². The first-order valence-corrected chi connectivity index (χ1v) is 3.96. The van der Waals surface area contributed by atoms with Gasteiger partial charge in [0.1, 0.15) is 5.75 Å². The van der Waals surface area contributed by atoms with Crippen molar-refractivity contribution >= 4 is 5.69 Å². The fourth-order valence-corrected chi connectivity index (χ4v) is 0.818. The second-order valence-corrected chi connectivity index (χ2v) is 2.65. The second kappa shape index (κ2) is 6.31. The summed E-state index contributed by atoms with van der Waals surface area (Å²) in [5.41, 5.74) is 7.42. The van der Waals surface area contributed by atoms with E-state index in [1.54, 1.807) is 21.3 Å². The number of aryl methyl sites for hydroxylation is 1. The third kappa shape index (κ3) is 4.38. The van der Waals surface area contributed by atoms with Gasteiger partial charge >= 0.3 is 0 Å². The van der Waals surface area contributed by atoms with Gasteiger partial charge in [-0.1, -0.05) is 6.07 Å². The summed E-state index contributed by atoms with van der Waals surface area (Å²) in [4.78, 5) is 0. The van der Waals surface area contributed by atoms with E-state index in [1.165, 1.54) is 0 Å². The Kier molecular flexibility index (Phi) is 5.72. The van der Waals surface area contributed by atoms with Crippen molar-refractivity contribution in [3.05, 3.63) is 23.8 Å². The van der Waals surface area contributed by atoms with Crippen LogP contribution >= 0.6 is 0 Å². The van der Waals surface area contributed by atoms with Crippen LogP contribution in [0.15, 0.2) is 18.2 Å². The van der Waals surface area contributed by atoms with E-state index in [9.17, 15) is 0 Å². The summed E-state index contributed by atoms with van der Waals surface area (Å²) >= 11 is 0. The van der Waals surface area contributed by atoms with Crippen LogP contribution in [0.3, 0.4) is 0 Å². The third-order valence-electron chi connectivity index (χ3n) is 1.39. The average molecular weight is 183 g/mol. The van der Waals surface area contributed by atoms with Crippen LogP contribution in [0.1, 0.15) is 5.56 Å². The summed E-state index contributed by atoms with van der Waals surface area (Å²) in [5, 5.41) is 0. The molecule has 0 aliphatic rings. The number of nitrogen functional groups attached to an aromatic ring is 1. The summed E-state index contributed by atoms with van der Waals surface area (Å²) in [6.45, 7) is 2.00. The third-order valence-corrected chi connectivity index (χ3v) is 1.39. The summed E-state index contributed by atoms with van der Waals surface area (Å²) in [7, 11) is 4.87. The Balaban J connectivity index is 0.000000424. The number of rotatable bonds is 1. The van der Waals surface area contributed by atoms with Gasteiger partial charge < -0.3 is 15.2 Å². The molecule has 0 unspecified atom stereocenters. The highest BCUT2D eigenvalue weighted by molar-refractivity contribution is 5.53. The molecule has 0 atom stereocenters. The molecule has 74 valence electrons. The molecule has 0 aromatic heterocycles. The van der Waals surface area contributed by atoms with Crippen LogP contribution in [0.4, 0.5) is 5.69 Å². The molecule has 0 amide bonds. The summed E-state index contributed by atoms with van der Waals surface area (Å²) in [5.74, 6) is 0.750. The largest absolute Gasteiger partial charge is 0.495 e. The van der Waals surface area contributed by atoms with Gasteiger partial charge in [0.2, 0.25) is 0 Å². The molecule has 0 saturated carbocycles. The second-order valence-electron chi connectivity index (χ2n) is 2.65. The van der Waals surface area contributed by atoms with Crippen LogP contribution in [-0.4, -0.2) is 21.3 Å². The highest BCUT2D eigenvalue weighted by Gasteiger charge is 1.95. The van der Waals surface area contributed by atoms with E-state index in [0.29, 0.717) is 5.69 Å². The minimum Gasteiger partial charge on any atom is -0.495 e. The van der Waals surface area contributed by atoms with Crippen LogP contribution in [0.2, 0.25) is 0 Å². The van der Waals surface area contributed by atoms with E-state index in [1.807, 2.05) is 25.1 Å². The van der Waals surface area contributed by atoms with Crippen molar-refractivity contribution in [1.82, 2.24) is 0 Å². The SMILES string of the molecule is COC.COc1cc(C)ccc1N. The van der Waals surface area contributed by atoms with Gasteiger partial charge in [-0.25, -0.2) is 0 Å². The summed E-state index contributed by atoms with van der Waals surface area (Å²) < 4.78 is 9.25. The maximum absolute atomic E-state index is 5.57. The maximum Gasteiger partial charge on any atom is 0.142 e. The maximum atomic E-state index is 5.57. The molecule has 0 aliphatic carbocycles. The number of benzene rings is 1. The van der Waals surface area contributed by atoms with E-state index in [-0.39, 0.29) is 0 Å². The van der Waals surface area contributed by atoms with Crippen molar-refractivity contribution in [2.45, 2.75) is 6.92 Å². The zero-order valence-electron chi connectivity index (χ0n) is 8.63. The minimum absolute atomic E-state index is 0.688. The first kappa shape index (κ1) is 11.8. The molecule has 0 aliphatic heterocycles. The number of methoxy groups -OCH3 is 2. The van der Waals surface area contributed by atoms with E-state index in [0.717, 1.165) is 11.3 Å². The Hall–Kier alpha value is -1.22. The lowest BCUT2D eigenvalue weighted by Gasteiger charge is -2.03. The molecule has 1 aromatic carbocycles.